The number of hydrogen-bond acceptors (Lipinski definition) is 10. The normalized spacial score (nSPS) is 15.9. The summed E-state index contributed by atoms with van der Waals surface area (Å²) in [6, 6.07) is 20.9. The summed E-state index contributed by atoms with van der Waals surface area (Å²) in [7, 11) is 5.21. The molecule has 0 aromatic heterocycles. The Morgan fingerprint density at radius 1 is 0.959 bits per heavy atom. The maximum atomic E-state index is 13.2. The highest BCUT2D eigenvalue weighted by molar-refractivity contribution is 6.37. The van der Waals surface area contributed by atoms with E-state index in [4.69, 9.17) is 20.7 Å². The van der Waals surface area contributed by atoms with Gasteiger partial charge in [0.2, 0.25) is 5.91 Å². The standard InChI is InChI=1S/C31H33N5O4.C4H7NO4/c1-34-15-17-36(18-16-34)20-27(37)35(2)24-12-10-23(11-13-24)32-29(21-7-5-4-6-8-21)28-25-14-9-22(31(39)40-3)19-26(25)33-30(28)38;5-2(4(8)9)1-3(6)7/h4-14,19,32H,15-18,20H2,1-3H3,(H,33,38);2H,1,5H2,(H,6,7)(H,8,9)/b29-28-;/t;2-/m.0/s1. The number of anilines is 3. The Labute approximate surface area is 283 Å². The third kappa shape index (κ3) is 9.50. The van der Waals surface area contributed by atoms with Crippen molar-refractivity contribution in [2.24, 2.45) is 5.73 Å². The van der Waals surface area contributed by atoms with Crippen molar-refractivity contribution >= 4 is 58.1 Å². The molecule has 258 valence electrons. The van der Waals surface area contributed by atoms with E-state index in [1.165, 1.54) is 7.11 Å². The van der Waals surface area contributed by atoms with Crippen LogP contribution in [0.2, 0.25) is 0 Å². The average Bonchev–Trinajstić information content (AvgIpc) is 3.42. The number of nitrogens with two attached hydrogens (primary N) is 1. The lowest BCUT2D eigenvalue weighted by molar-refractivity contribution is -0.144. The molecule has 14 nitrogen and oxygen atoms in total. The Balaban J connectivity index is 0.000000529. The number of rotatable bonds is 10. The van der Waals surface area contributed by atoms with Gasteiger partial charge in [-0.25, -0.2) is 4.79 Å². The molecule has 2 amide bonds. The first-order valence-electron chi connectivity index (χ1n) is 15.5. The Bertz CT molecular complexity index is 1720. The van der Waals surface area contributed by atoms with Crippen molar-refractivity contribution in [3.8, 4) is 0 Å². The van der Waals surface area contributed by atoms with Gasteiger partial charge in [-0.3, -0.25) is 24.1 Å². The number of carbonyl (C=O) groups excluding carboxylic acids is 3. The van der Waals surface area contributed by atoms with Crippen LogP contribution in [0.1, 0.15) is 27.9 Å². The van der Waals surface area contributed by atoms with Crippen LogP contribution in [0.5, 0.6) is 0 Å². The number of ether oxygens (including phenoxy) is 1. The molecule has 1 fully saturated rings. The molecule has 3 aromatic carbocycles. The summed E-state index contributed by atoms with van der Waals surface area (Å²) < 4.78 is 4.82. The van der Waals surface area contributed by atoms with Gasteiger partial charge in [0, 0.05) is 50.2 Å². The number of carboxylic acid groups (broad SMARTS) is 2. The van der Waals surface area contributed by atoms with Crippen LogP contribution >= 0.6 is 0 Å². The lowest BCUT2D eigenvalue weighted by Crippen LogP contribution is -2.48. The van der Waals surface area contributed by atoms with E-state index in [-0.39, 0.29) is 11.8 Å². The SMILES string of the molecule is COC(=O)c1ccc2c(c1)NC(=O)/C2=C(\Nc1ccc(N(C)C(=O)CN2CCN(C)CC2)cc1)c1ccccc1.N[C@@H](CC(=O)O)C(=O)O. The summed E-state index contributed by atoms with van der Waals surface area (Å²) >= 11 is 0. The molecule has 0 bridgehead atoms. The highest BCUT2D eigenvalue weighted by Crippen LogP contribution is 2.38. The number of likely N-dealkylation sites (N-methyl/N-ethyl adjacent to an activating group) is 2. The molecule has 1 saturated heterocycles. The fourth-order valence-corrected chi connectivity index (χ4v) is 5.19. The van der Waals surface area contributed by atoms with Gasteiger partial charge in [-0.2, -0.15) is 0 Å². The van der Waals surface area contributed by atoms with Gasteiger partial charge in [0.1, 0.15) is 6.04 Å². The van der Waals surface area contributed by atoms with Crippen molar-refractivity contribution in [3.05, 3.63) is 89.5 Å². The summed E-state index contributed by atoms with van der Waals surface area (Å²) in [6.45, 7) is 4.09. The molecule has 2 heterocycles. The topological polar surface area (TPSA) is 195 Å². The molecule has 2 aliphatic rings. The van der Waals surface area contributed by atoms with Crippen LogP contribution < -0.4 is 21.3 Å². The second-order valence-electron chi connectivity index (χ2n) is 11.6. The molecule has 1 atom stereocenters. The van der Waals surface area contributed by atoms with Crippen molar-refractivity contribution in [2.75, 3.05) is 69.5 Å². The van der Waals surface area contributed by atoms with Crippen LogP contribution in [0.3, 0.4) is 0 Å². The summed E-state index contributed by atoms with van der Waals surface area (Å²) in [5, 5.41) is 22.3. The van der Waals surface area contributed by atoms with Gasteiger partial charge >= 0.3 is 17.9 Å². The minimum Gasteiger partial charge on any atom is -0.481 e. The average molecular weight is 673 g/mol. The highest BCUT2D eigenvalue weighted by atomic mass is 16.5. The zero-order chi connectivity index (χ0) is 35.7. The highest BCUT2D eigenvalue weighted by Gasteiger charge is 2.29. The van der Waals surface area contributed by atoms with Gasteiger partial charge < -0.3 is 41.1 Å². The Kier molecular flexibility index (Phi) is 12.2. The van der Waals surface area contributed by atoms with Gasteiger partial charge in [-0.05, 0) is 49.0 Å². The van der Waals surface area contributed by atoms with Gasteiger partial charge in [-0.1, -0.05) is 36.4 Å². The minimum atomic E-state index is -1.29. The number of hydrogen-bond donors (Lipinski definition) is 5. The van der Waals surface area contributed by atoms with Crippen LogP contribution in [0.25, 0.3) is 11.3 Å². The first-order chi connectivity index (χ1) is 23.4. The van der Waals surface area contributed by atoms with Crippen molar-refractivity contribution in [2.45, 2.75) is 12.5 Å². The molecular formula is C35H40N6O8. The lowest BCUT2D eigenvalue weighted by atomic mass is 9.99. The minimum absolute atomic E-state index is 0.0444. The van der Waals surface area contributed by atoms with Crippen molar-refractivity contribution in [3.63, 3.8) is 0 Å². The van der Waals surface area contributed by atoms with Gasteiger partial charge in [-0.15, -0.1) is 0 Å². The van der Waals surface area contributed by atoms with E-state index in [9.17, 15) is 24.0 Å². The van der Waals surface area contributed by atoms with Gasteiger partial charge in [0.25, 0.3) is 5.91 Å². The predicted molar refractivity (Wildman–Crippen MR) is 185 cm³/mol. The van der Waals surface area contributed by atoms with Crippen LogP contribution in [0, 0.1) is 0 Å². The number of benzene rings is 3. The number of piperazine rings is 1. The van der Waals surface area contributed by atoms with Crippen LogP contribution in [0.4, 0.5) is 17.1 Å². The molecular weight excluding hydrogens is 632 g/mol. The van der Waals surface area contributed by atoms with Gasteiger partial charge in [0.05, 0.1) is 42.6 Å². The van der Waals surface area contributed by atoms with Crippen molar-refractivity contribution in [1.29, 1.82) is 0 Å². The molecule has 0 radical (unpaired) electrons. The van der Waals surface area contributed by atoms with Crippen LogP contribution in [0.15, 0.2) is 72.8 Å². The number of esters is 1. The van der Waals surface area contributed by atoms with E-state index in [1.807, 2.05) is 54.6 Å². The van der Waals surface area contributed by atoms with E-state index >= 15 is 0 Å². The first-order valence-corrected chi connectivity index (χ1v) is 15.5. The fraction of sp³-hybridized carbons (Fsp3) is 0.286. The second kappa shape index (κ2) is 16.5. The van der Waals surface area contributed by atoms with E-state index < -0.39 is 30.4 Å². The molecule has 0 saturated carbocycles. The second-order valence-corrected chi connectivity index (χ2v) is 11.6. The molecule has 0 unspecified atom stereocenters. The van der Waals surface area contributed by atoms with E-state index in [1.54, 1.807) is 30.1 Å². The third-order valence-corrected chi connectivity index (χ3v) is 8.06. The molecule has 14 heteroatoms. The first kappa shape index (κ1) is 36.3. The zero-order valence-corrected chi connectivity index (χ0v) is 27.5. The zero-order valence-electron chi connectivity index (χ0n) is 27.5. The number of fused-ring (bicyclic) bond motifs is 1. The fourth-order valence-electron chi connectivity index (χ4n) is 5.19. The number of methoxy groups -OCH3 is 1. The third-order valence-electron chi connectivity index (χ3n) is 8.06. The summed E-state index contributed by atoms with van der Waals surface area (Å²) in [5.74, 6) is -3.19. The quantitative estimate of drug-likeness (QED) is 0.156. The summed E-state index contributed by atoms with van der Waals surface area (Å²) in [5.41, 5.74) is 9.93. The smallest absolute Gasteiger partial charge is 0.337 e. The number of carbonyl (C=O) groups is 5. The molecule has 5 rings (SSSR count). The predicted octanol–water partition coefficient (Wildman–Crippen LogP) is 2.49. The van der Waals surface area contributed by atoms with Gasteiger partial charge in [0.15, 0.2) is 0 Å². The van der Waals surface area contributed by atoms with E-state index in [0.717, 1.165) is 43.1 Å². The van der Waals surface area contributed by atoms with E-state index in [2.05, 4.69) is 27.5 Å². The molecule has 6 N–H and O–H groups in total. The van der Waals surface area contributed by atoms with E-state index in [0.29, 0.717) is 34.6 Å². The Morgan fingerprint density at radius 2 is 1.61 bits per heavy atom. The number of carboxylic acids is 2. The molecule has 0 aliphatic carbocycles. The largest absolute Gasteiger partial charge is 0.481 e. The Hall–Kier alpha value is -5.57. The monoisotopic (exact) mass is 672 g/mol. The molecule has 2 aliphatic heterocycles. The molecule has 49 heavy (non-hydrogen) atoms. The Morgan fingerprint density at radius 3 is 2.18 bits per heavy atom. The van der Waals surface area contributed by atoms with Crippen molar-refractivity contribution in [1.82, 2.24) is 9.80 Å². The number of amides is 2. The maximum Gasteiger partial charge on any atom is 0.337 e. The van der Waals surface area contributed by atoms with Crippen molar-refractivity contribution < 1.29 is 38.9 Å². The molecule has 3 aromatic rings. The van der Waals surface area contributed by atoms with Crippen LogP contribution in [-0.4, -0.2) is 110 Å². The lowest BCUT2D eigenvalue weighted by Gasteiger charge is -2.32. The van der Waals surface area contributed by atoms with Crippen LogP contribution in [-0.2, 0) is 23.9 Å². The summed E-state index contributed by atoms with van der Waals surface area (Å²) in [4.78, 5) is 63.9. The molecule has 0 spiro atoms. The number of aliphatic carboxylic acids is 2. The summed E-state index contributed by atoms with van der Waals surface area (Å²) in [6.07, 6.45) is -0.532. The number of nitrogens with one attached hydrogen (secondary N) is 2. The number of nitrogens with zero attached hydrogens (tertiary/aromatic N) is 3. The maximum absolute atomic E-state index is 13.2.